The van der Waals surface area contributed by atoms with Crippen LogP contribution >= 0.6 is 11.8 Å². The molecule has 0 heterocycles. The Balaban J connectivity index is 2.65. The lowest BCUT2D eigenvalue weighted by atomic mass is 10.1. The van der Waals surface area contributed by atoms with Crippen molar-refractivity contribution in [2.45, 2.75) is 13.3 Å². The highest BCUT2D eigenvalue weighted by Crippen LogP contribution is 2.18. The Labute approximate surface area is 108 Å². The number of nitrogens with zero attached hydrogens (tertiary/aromatic N) is 1. The monoisotopic (exact) mass is 269 g/mol. The Morgan fingerprint density at radius 3 is 2.89 bits per heavy atom. The maximum Gasteiger partial charge on any atom is 0.270 e. The topological polar surface area (TPSA) is 60.2 Å². The quantitative estimate of drug-likeness (QED) is 0.467. The van der Waals surface area contributed by atoms with Gasteiger partial charge in [-0.1, -0.05) is 23.9 Å². The molecule has 0 aliphatic carbocycles. The minimum Gasteiger partial charge on any atom is -0.288 e. The van der Waals surface area contributed by atoms with Gasteiger partial charge in [-0.3, -0.25) is 14.9 Å². The molecule has 4 nitrogen and oxygen atoms in total. The van der Waals surface area contributed by atoms with Crippen LogP contribution in [0.4, 0.5) is 10.1 Å². The van der Waals surface area contributed by atoms with Gasteiger partial charge in [0.15, 0.2) is 5.12 Å². The van der Waals surface area contributed by atoms with Gasteiger partial charge >= 0.3 is 0 Å². The largest absolute Gasteiger partial charge is 0.288 e. The third-order valence-electron chi connectivity index (χ3n) is 2.08. The maximum absolute atomic E-state index is 13.3. The fraction of sp³-hybridized carbons (Fsp3) is 0.250. The van der Waals surface area contributed by atoms with E-state index in [-0.39, 0.29) is 16.4 Å². The lowest BCUT2D eigenvalue weighted by molar-refractivity contribution is -0.384. The molecule has 0 N–H and O–H groups in total. The van der Waals surface area contributed by atoms with Gasteiger partial charge in [-0.2, -0.15) is 0 Å². The van der Waals surface area contributed by atoms with E-state index in [1.54, 1.807) is 6.08 Å². The number of benzene rings is 1. The van der Waals surface area contributed by atoms with Crippen molar-refractivity contribution in [1.29, 1.82) is 0 Å². The maximum atomic E-state index is 13.3. The highest BCUT2D eigenvalue weighted by molar-refractivity contribution is 8.13. The normalized spacial score (nSPS) is 10.8. The number of allylic oxidation sites excluding steroid dienone is 1. The third kappa shape index (κ3) is 4.67. The first-order valence-corrected chi connectivity index (χ1v) is 6.23. The van der Waals surface area contributed by atoms with Crippen molar-refractivity contribution < 1.29 is 14.1 Å². The van der Waals surface area contributed by atoms with E-state index in [4.69, 9.17) is 0 Å². The van der Waals surface area contributed by atoms with Crippen molar-refractivity contribution in [2.75, 3.05) is 5.75 Å². The van der Waals surface area contributed by atoms with Crippen LogP contribution in [0.2, 0.25) is 0 Å². The predicted molar refractivity (Wildman–Crippen MR) is 69.8 cm³/mol. The molecule has 0 bridgehead atoms. The SMILES string of the molecule is CC(=O)SCCC=Cc1cc([N+](=O)[O-])ccc1F. The van der Waals surface area contributed by atoms with Crippen LogP contribution in [0.15, 0.2) is 24.3 Å². The second-order valence-corrected chi connectivity index (χ2v) is 4.77. The first-order valence-electron chi connectivity index (χ1n) is 5.24. The molecule has 96 valence electrons. The van der Waals surface area contributed by atoms with Crippen molar-refractivity contribution >= 4 is 28.6 Å². The minimum atomic E-state index is -0.567. The molecule has 0 aromatic heterocycles. The van der Waals surface area contributed by atoms with Crippen LogP contribution in [-0.4, -0.2) is 15.8 Å². The Hall–Kier alpha value is -1.69. The molecule has 0 fully saturated rings. The summed E-state index contributed by atoms with van der Waals surface area (Å²) in [6.45, 7) is 1.48. The number of non-ortho nitro benzene ring substituents is 1. The van der Waals surface area contributed by atoms with Gasteiger partial charge in [0.1, 0.15) is 5.82 Å². The summed E-state index contributed by atoms with van der Waals surface area (Å²) in [5.74, 6) is 0.110. The van der Waals surface area contributed by atoms with Crippen LogP contribution in [0.3, 0.4) is 0 Å². The molecule has 0 aliphatic heterocycles. The molecule has 18 heavy (non-hydrogen) atoms. The summed E-state index contributed by atoms with van der Waals surface area (Å²) in [5.41, 5.74) is 0.0335. The second-order valence-electron chi connectivity index (χ2n) is 3.49. The number of halogens is 1. The smallest absolute Gasteiger partial charge is 0.270 e. The molecule has 0 spiro atoms. The number of hydrogen-bond donors (Lipinski definition) is 0. The Morgan fingerprint density at radius 1 is 1.56 bits per heavy atom. The van der Waals surface area contributed by atoms with Gasteiger partial charge in [0, 0.05) is 30.4 Å². The molecular weight excluding hydrogens is 257 g/mol. The Morgan fingerprint density at radius 2 is 2.28 bits per heavy atom. The average molecular weight is 269 g/mol. The highest BCUT2D eigenvalue weighted by Gasteiger charge is 2.08. The van der Waals surface area contributed by atoms with Crippen LogP contribution in [-0.2, 0) is 4.79 Å². The van der Waals surface area contributed by atoms with Gasteiger partial charge < -0.3 is 0 Å². The zero-order valence-corrected chi connectivity index (χ0v) is 10.6. The first kappa shape index (κ1) is 14.4. The standard InChI is InChI=1S/C12H12FNO3S/c1-9(15)18-7-3-2-4-10-8-11(14(16)17)5-6-12(10)13/h2,4-6,8H,3,7H2,1H3. The highest BCUT2D eigenvalue weighted by atomic mass is 32.2. The fourth-order valence-electron chi connectivity index (χ4n) is 1.25. The van der Waals surface area contributed by atoms with Crippen molar-refractivity contribution in [3.05, 3.63) is 45.8 Å². The Kier molecular flexibility index (Phi) is 5.51. The van der Waals surface area contributed by atoms with Gasteiger partial charge in [0.25, 0.3) is 5.69 Å². The first-order chi connectivity index (χ1) is 8.50. The van der Waals surface area contributed by atoms with Gasteiger partial charge in [0.2, 0.25) is 0 Å². The second kappa shape index (κ2) is 6.90. The third-order valence-corrected chi connectivity index (χ3v) is 2.92. The molecule has 0 atom stereocenters. The summed E-state index contributed by atoms with van der Waals surface area (Å²) in [5, 5.41) is 10.6. The van der Waals surface area contributed by atoms with Crippen LogP contribution in [0, 0.1) is 15.9 Å². The van der Waals surface area contributed by atoms with Crippen LogP contribution in [0.1, 0.15) is 18.9 Å². The summed E-state index contributed by atoms with van der Waals surface area (Å²) in [6, 6.07) is 3.38. The number of thioether (sulfide) groups is 1. The summed E-state index contributed by atoms with van der Waals surface area (Å²) in [4.78, 5) is 20.6. The van der Waals surface area contributed by atoms with Crippen LogP contribution in [0.5, 0.6) is 0 Å². The summed E-state index contributed by atoms with van der Waals surface area (Å²) in [7, 11) is 0. The fourth-order valence-corrected chi connectivity index (χ4v) is 1.79. The minimum absolute atomic E-state index is 0.0323. The van der Waals surface area contributed by atoms with Crippen molar-refractivity contribution in [3.63, 3.8) is 0 Å². The summed E-state index contributed by atoms with van der Waals surface area (Å²) in [6.07, 6.45) is 3.79. The van der Waals surface area contributed by atoms with Crippen molar-refractivity contribution in [1.82, 2.24) is 0 Å². The van der Waals surface area contributed by atoms with E-state index in [0.717, 1.165) is 12.1 Å². The number of rotatable bonds is 5. The molecule has 6 heteroatoms. The van der Waals surface area contributed by atoms with Gasteiger partial charge in [-0.15, -0.1) is 0 Å². The van der Waals surface area contributed by atoms with E-state index in [9.17, 15) is 19.3 Å². The number of carbonyl (C=O) groups is 1. The van der Waals surface area contributed by atoms with Gasteiger partial charge in [0.05, 0.1) is 4.92 Å². The summed E-state index contributed by atoms with van der Waals surface area (Å²) >= 11 is 1.19. The number of hydrogen-bond acceptors (Lipinski definition) is 4. The van der Waals surface area contributed by atoms with E-state index >= 15 is 0 Å². The molecular formula is C12H12FNO3S. The number of nitro benzene ring substituents is 1. The predicted octanol–water partition coefficient (Wildman–Crippen LogP) is 3.42. The lowest BCUT2D eigenvalue weighted by Crippen LogP contribution is -1.90. The lowest BCUT2D eigenvalue weighted by Gasteiger charge is -1.97. The van der Waals surface area contributed by atoms with Crippen molar-refractivity contribution in [3.8, 4) is 0 Å². The summed E-state index contributed by atoms with van der Waals surface area (Å²) < 4.78 is 13.3. The molecule has 1 rings (SSSR count). The molecule has 0 saturated heterocycles. The molecule has 1 aromatic rings. The zero-order valence-electron chi connectivity index (χ0n) is 9.76. The average Bonchev–Trinajstić information content (AvgIpc) is 2.30. The van der Waals surface area contributed by atoms with E-state index < -0.39 is 10.7 Å². The molecule has 0 saturated carbocycles. The van der Waals surface area contributed by atoms with Gasteiger partial charge in [-0.05, 0) is 12.5 Å². The van der Waals surface area contributed by atoms with E-state index in [2.05, 4.69) is 0 Å². The Bertz CT molecular complexity index is 488. The molecule has 0 unspecified atom stereocenters. The van der Waals surface area contributed by atoms with E-state index in [1.807, 2.05) is 0 Å². The van der Waals surface area contributed by atoms with Crippen LogP contribution < -0.4 is 0 Å². The number of carbonyl (C=O) groups excluding carboxylic acids is 1. The number of nitro groups is 1. The molecule has 0 aliphatic rings. The van der Waals surface area contributed by atoms with E-state index in [1.165, 1.54) is 30.8 Å². The molecule has 0 amide bonds. The molecule has 0 radical (unpaired) electrons. The van der Waals surface area contributed by atoms with Gasteiger partial charge in [-0.25, -0.2) is 4.39 Å². The zero-order chi connectivity index (χ0) is 13.5. The van der Waals surface area contributed by atoms with Crippen molar-refractivity contribution in [2.24, 2.45) is 0 Å². The molecule has 1 aromatic carbocycles. The van der Waals surface area contributed by atoms with E-state index in [0.29, 0.717) is 12.2 Å². The van der Waals surface area contributed by atoms with Crippen LogP contribution in [0.25, 0.3) is 6.08 Å².